The number of hydrogen-bond acceptors (Lipinski definition) is 3. The van der Waals surface area contributed by atoms with Crippen molar-refractivity contribution in [3.05, 3.63) is 70.7 Å². The molecule has 0 radical (unpaired) electrons. The van der Waals surface area contributed by atoms with Gasteiger partial charge in [-0.1, -0.05) is 41.9 Å². The summed E-state index contributed by atoms with van der Waals surface area (Å²) in [5.74, 6) is -0.0973. The van der Waals surface area contributed by atoms with Gasteiger partial charge in [0.2, 0.25) is 0 Å². The van der Waals surface area contributed by atoms with Gasteiger partial charge >= 0.3 is 0 Å². The van der Waals surface area contributed by atoms with Crippen LogP contribution in [0.5, 0.6) is 0 Å². The number of hydrogen-bond donors (Lipinski definition) is 3. The van der Waals surface area contributed by atoms with Gasteiger partial charge in [0.25, 0.3) is 5.91 Å². The van der Waals surface area contributed by atoms with Crippen molar-refractivity contribution in [1.29, 1.82) is 0 Å². The fourth-order valence-electron chi connectivity index (χ4n) is 2.68. The van der Waals surface area contributed by atoms with Crippen molar-refractivity contribution in [1.82, 2.24) is 16.2 Å². The van der Waals surface area contributed by atoms with Crippen LogP contribution in [0.1, 0.15) is 28.9 Å². The number of benzene rings is 2. The second-order valence-corrected chi connectivity index (χ2v) is 5.91. The lowest BCUT2D eigenvalue weighted by Crippen LogP contribution is -2.44. The van der Waals surface area contributed by atoms with Crippen LogP contribution in [0.15, 0.2) is 54.6 Å². The number of carbonyl (C=O) groups is 1. The van der Waals surface area contributed by atoms with Crippen LogP contribution in [0, 0.1) is 0 Å². The van der Waals surface area contributed by atoms with Crippen LogP contribution in [0.3, 0.4) is 0 Å². The highest BCUT2D eigenvalue weighted by atomic mass is 35.5. The van der Waals surface area contributed by atoms with Gasteiger partial charge in [0.05, 0.1) is 12.1 Å². The molecule has 1 heterocycles. The SMILES string of the molecule is CC1NNC(c2ccccc2)C1NC(=O)c1ccc(Cl)cc1. The highest BCUT2D eigenvalue weighted by Crippen LogP contribution is 2.23. The second-order valence-electron chi connectivity index (χ2n) is 5.47. The molecule has 0 saturated carbocycles. The molecular formula is C17H18ClN3O. The molecule has 3 rings (SSSR count). The molecule has 4 nitrogen and oxygen atoms in total. The van der Waals surface area contributed by atoms with E-state index in [1.807, 2.05) is 25.1 Å². The van der Waals surface area contributed by atoms with Crippen LogP contribution in [0.4, 0.5) is 0 Å². The lowest BCUT2D eigenvalue weighted by atomic mass is 9.97. The first kappa shape index (κ1) is 15.0. The molecule has 1 fully saturated rings. The molecule has 0 aromatic heterocycles. The van der Waals surface area contributed by atoms with Crippen LogP contribution in [-0.4, -0.2) is 18.0 Å². The molecule has 3 N–H and O–H groups in total. The summed E-state index contributed by atoms with van der Waals surface area (Å²) in [6.45, 7) is 2.04. The number of nitrogens with one attached hydrogen (secondary N) is 3. The summed E-state index contributed by atoms with van der Waals surface area (Å²) in [6.07, 6.45) is 0. The monoisotopic (exact) mass is 315 g/mol. The van der Waals surface area contributed by atoms with Crippen LogP contribution in [0.2, 0.25) is 5.02 Å². The molecule has 114 valence electrons. The molecule has 3 atom stereocenters. The van der Waals surface area contributed by atoms with E-state index in [1.54, 1.807) is 24.3 Å². The number of hydrazine groups is 1. The Balaban J connectivity index is 1.77. The molecule has 0 aliphatic carbocycles. The van der Waals surface area contributed by atoms with E-state index in [4.69, 9.17) is 11.6 Å². The maximum atomic E-state index is 12.4. The fourth-order valence-corrected chi connectivity index (χ4v) is 2.81. The second kappa shape index (κ2) is 6.48. The van der Waals surface area contributed by atoms with Crippen molar-refractivity contribution in [2.45, 2.75) is 25.0 Å². The predicted octanol–water partition coefficient (Wildman–Crippen LogP) is 2.68. The third-order valence-corrected chi connectivity index (χ3v) is 4.18. The summed E-state index contributed by atoms with van der Waals surface area (Å²) in [6, 6.07) is 17.1. The van der Waals surface area contributed by atoms with Gasteiger partial charge in [0.15, 0.2) is 0 Å². The Morgan fingerprint density at radius 1 is 1.05 bits per heavy atom. The molecule has 1 saturated heterocycles. The number of halogens is 1. The Hall–Kier alpha value is -1.88. The van der Waals surface area contributed by atoms with Crippen LogP contribution >= 0.6 is 11.6 Å². The van der Waals surface area contributed by atoms with Crippen molar-refractivity contribution in [2.75, 3.05) is 0 Å². The maximum absolute atomic E-state index is 12.4. The van der Waals surface area contributed by atoms with Crippen molar-refractivity contribution in [3.8, 4) is 0 Å². The Morgan fingerprint density at radius 2 is 1.73 bits per heavy atom. The van der Waals surface area contributed by atoms with E-state index in [2.05, 4.69) is 28.3 Å². The first-order valence-corrected chi connectivity index (χ1v) is 7.65. The van der Waals surface area contributed by atoms with E-state index >= 15 is 0 Å². The minimum atomic E-state index is -0.0973. The van der Waals surface area contributed by atoms with Gasteiger partial charge in [-0.25, -0.2) is 5.43 Å². The Labute approximate surface area is 134 Å². The minimum Gasteiger partial charge on any atom is -0.346 e. The van der Waals surface area contributed by atoms with Crippen molar-refractivity contribution in [3.63, 3.8) is 0 Å². The van der Waals surface area contributed by atoms with Gasteiger partial charge in [-0.2, -0.15) is 0 Å². The van der Waals surface area contributed by atoms with Gasteiger partial charge in [-0.3, -0.25) is 10.2 Å². The van der Waals surface area contributed by atoms with Gasteiger partial charge in [0.1, 0.15) is 0 Å². The third kappa shape index (κ3) is 3.14. The number of rotatable bonds is 3. The minimum absolute atomic E-state index is 0.0347. The standard InChI is InChI=1S/C17H18ClN3O/c1-11-15(16(21-20-11)12-5-3-2-4-6-12)19-17(22)13-7-9-14(18)10-8-13/h2-11,15-16,20-21H,1H3,(H,19,22). The van der Waals surface area contributed by atoms with Crippen LogP contribution in [-0.2, 0) is 0 Å². The van der Waals surface area contributed by atoms with Gasteiger partial charge in [-0.15, -0.1) is 0 Å². The highest BCUT2D eigenvalue weighted by molar-refractivity contribution is 6.30. The van der Waals surface area contributed by atoms with Crippen LogP contribution < -0.4 is 16.2 Å². The lowest BCUT2D eigenvalue weighted by molar-refractivity contribution is 0.0930. The summed E-state index contributed by atoms with van der Waals surface area (Å²) in [5.41, 5.74) is 8.20. The number of carbonyl (C=O) groups excluding carboxylic acids is 1. The van der Waals surface area contributed by atoms with E-state index < -0.39 is 0 Å². The molecule has 1 amide bonds. The zero-order chi connectivity index (χ0) is 15.5. The van der Waals surface area contributed by atoms with Crippen molar-refractivity contribution < 1.29 is 4.79 Å². The first-order chi connectivity index (χ1) is 10.6. The zero-order valence-corrected chi connectivity index (χ0v) is 13.0. The summed E-state index contributed by atoms with van der Waals surface area (Å²) in [5, 5.41) is 3.73. The summed E-state index contributed by atoms with van der Waals surface area (Å²) in [4.78, 5) is 12.4. The Morgan fingerprint density at radius 3 is 2.41 bits per heavy atom. The van der Waals surface area contributed by atoms with Crippen molar-refractivity contribution in [2.24, 2.45) is 0 Å². The largest absolute Gasteiger partial charge is 0.346 e. The first-order valence-electron chi connectivity index (χ1n) is 7.27. The highest BCUT2D eigenvalue weighted by Gasteiger charge is 2.35. The summed E-state index contributed by atoms with van der Waals surface area (Å²) >= 11 is 5.86. The molecule has 0 spiro atoms. The molecule has 5 heteroatoms. The summed E-state index contributed by atoms with van der Waals surface area (Å²) in [7, 11) is 0. The van der Waals surface area contributed by atoms with Gasteiger partial charge in [-0.05, 0) is 36.8 Å². The molecule has 2 aromatic rings. The topological polar surface area (TPSA) is 53.2 Å². The predicted molar refractivity (Wildman–Crippen MR) is 87.6 cm³/mol. The summed E-state index contributed by atoms with van der Waals surface area (Å²) < 4.78 is 0. The molecule has 1 aliphatic rings. The van der Waals surface area contributed by atoms with E-state index in [0.717, 1.165) is 5.56 Å². The van der Waals surface area contributed by atoms with Crippen LogP contribution in [0.25, 0.3) is 0 Å². The van der Waals surface area contributed by atoms with E-state index in [-0.39, 0.29) is 24.0 Å². The quantitative estimate of drug-likeness (QED) is 0.816. The van der Waals surface area contributed by atoms with Crippen molar-refractivity contribution >= 4 is 17.5 Å². The van der Waals surface area contributed by atoms with E-state index in [0.29, 0.717) is 10.6 Å². The van der Waals surface area contributed by atoms with Gasteiger partial charge in [0, 0.05) is 16.6 Å². The van der Waals surface area contributed by atoms with Gasteiger partial charge < -0.3 is 5.32 Å². The average molecular weight is 316 g/mol. The Bertz CT molecular complexity index is 645. The smallest absolute Gasteiger partial charge is 0.251 e. The number of amides is 1. The Kier molecular flexibility index (Phi) is 4.43. The van der Waals surface area contributed by atoms with E-state index in [1.165, 1.54) is 0 Å². The third-order valence-electron chi connectivity index (χ3n) is 3.93. The molecular weight excluding hydrogens is 298 g/mol. The molecule has 1 aliphatic heterocycles. The normalized spacial score (nSPS) is 24.2. The fraction of sp³-hybridized carbons (Fsp3) is 0.235. The molecule has 22 heavy (non-hydrogen) atoms. The van der Waals surface area contributed by atoms with E-state index in [9.17, 15) is 4.79 Å². The zero-order valence-electron chi connectivity index (χ0n) is 12.2. The molecule has 2 aromatic carbocycles. The average Bonchev–Trinajstić information content (AvgIpc) is 2.90. The lowest BCUT2D eigenvalue weighted by Gasteiger charge is -2.22. The molecule has 3 unspecified atom stereocenters. The molecule has 0 bridgehead atoms. The maximum Gasteiger partial charge on any atom is 0.251 e.